The molecule has 3 atom stereocenters. The number of carbonyl (C=O) groups excluding carboxylic acids is 5. The van der Waals surface area contributed by atoms with E-state index in [1.54, 1.807) is 66.7 Å². The number of carboxylic acids is 1. The van der Waals surface area contributed by atoms with Crippen LogP contribution in [0.2, 0.25) is 0 Å². The van der Waals surface area contributed by atoms with Gasteiger partial charge in [0.15, 0.2) is 11.2 Å². The molecule has 83 heavy (non-hydrogen) atoms. The van der Waals surface area contributed by atoms with E-state index >= 15 is 0 Å². The van der Waals surface area contributed by atoms with Crippen LogP contribution in [-0.2, 0) is 30.2 Å². The molecular weight excluding hydrogens is 1080 g/mol. The van der Waals surface area contributed by atoms with Crippen molar-refractivity contribution < 1.29 is 57.0 Å². The van der Waals surface area contributed by atoms with E-state index in [-0.39, 0.29) is 102 Å². The topological polar surface area (TPSA) is 295 Å². The summed E-state index contributed by atoms with van der Waals surface area (Å²) < 4.78 is 33.1. The van der Waals surface area contributed by atoms with Gasteiger partial charge in [0, 0.05) is 53.6 Å². The number of rotatable bonds is 29. The Morgan fingerprint density at radius 3 is 2.02 bits per heavy atom. The average molecular weight is 1150 g/mol. The zero-order valence-corrected chi connectivity index (χ0v) is 47.2. The second-order valence-electron chi connectivity index (χ2n) is 21.1. The van der Waals surface area contributed by atoms with Gasteiger partial charge in [-0.3, -0.25) is 28.8 Å². The Morgan fingerprint density at radius 2 is 1.39 bits per heavy atom. The summed E-state index contributed by atoms with van der Waals surface area (Å²) in [6, 6.07) is 36.6. The maximum absolute atomic E-state index is 15.0. The predicted octanol–water partition coefficient (Wildman–Crippen LogP) is 9.09. The molecule has 2 aliphatic carbocycles. The molecule has 5 amide bonds. The van der Waals surface area contributed by atoms with Crippen LogP contribution in [0.4, 0.5) is 0 Å². The van der Waals surface area contributed by atoms with E-state index in [9.17, 15) is 48.3 Å². The average Bonchev–Trinajstić information content (AvgIpc) is 4.48. The molecule has 1 saturated carbocycles. The van der Waals surface area contributed by atoms with Crippen LogP contribution in [0.15, 0.2) is 155 Å². The zero-order chi connectivity index (χ0) is 59.1. The SMILES string of the molecule is CC(C)C[C@H](NC(=O)C1(NC(=O)[C@H](CCCCN)NC(=O)[C@H](Cc2ccccc2)NC(=O)CCCCCNC(=O)c2ccc(C(=O)O)c(-c3c4ccc(=O)cc-4oc4cc(O)ccc34)c2)CC1)P(=O)(Oc1ccccc1)Oc1ccccc1. The number of benzene rings is 6. The summed E-state index contributed by atoms with van der Waals surface area (Å²) in [5.41, 5.74) is 6.17. The first-order valence-electron chi connectivity index (χ1n) is 27.9. The maximum Gasteiger partial charge on any atom is 0.452 e. The molecule has 19 nitrogen and oxygen atoms in total. The lowest BCUT2D eigenvalue weighted by Gasteiger charge is -2.31. The van der Waals surface area contributed by atoms with Crippen LogP contribution in [-0.4, -0.2) is 82.2 Å². The zero-order valence-electron chi connectivity index (χ0n) is 46.3. The Balaban J connectivity index is 0.892. The van der Waals surface area contributed by atoms with Gasteiger partial charge >= 0.3 is 13.6 Å². The quantitative estimate of drug-likeness (QED) is 0.0123. The van der Waals surface area contributed by atoms with Crippen molar-refractivity contribution in [2.24, 2.45) is 11.7 Å². The number of hydrogen-bond acceptors (Lipinski definition) is 13. The summed E-state index contributed by atoms with van der Waals surface area (Å²) in [7, 11) is -4.21. The normalized spacial score (nSPS) is 13.7. The van der Waals surface area contributed by atoms with Gasteiger partial charge < -0.3 is 56.0 Å². The highest BCUT2D eigenvalue weighted by Crippen LogP contribution is 2.54. The van der Waals surface area contributed by atoms with Gasteiger partial charge in [-0.15, -0.1) is 0 Å². The summed E-state index contributed by atoms with van der Waals surface area (Å²) in [5.74, 6) is -4.52. The molecule has 434 valence electrons. The largest absolute Gasteiger partial charge is 0.508 e. The number of aromatic carboxylic acids is 1. The lowest BCUT2D eigenvalue weighted by Crippen LogP contribution is -2.58. The minimum atomic E-state index is -4.21. The molecular formula is C63H69N6O13P. The van der Waals surface area contributed by atoms with Crippen molar-refractivity contribution in [2.45, 2.75) is 108 Å². The summed E-state index contributed by atoms with van der Waals surface area (Å²) >= 11 is 0. The molecule has 0 aromatic heterocycles. The van der Waals surface area contributed by atoms with Crippen LogP contribution in [0.5, 0.6) is 17.2 Å². The molecule has 1 fully saturated rings. The van der Waals surface area contributed by atoms with Gasteiger partial charge in [0.25, 0.3) is 5.91 Å². The molecule has 20 heteroatoms. The number of unbranched alkanes of at least 4 members (excludes halogenated alkanes) is 3. The third-order valence-corrected chi connectivity index (χ3v) is 16.2. The first kappa shape index (κ1) is 60.3. The fourth-order valence-corrected chi connectivity index (χ4v) is 11.8. The molecule has 0 radical (unpaired) electrons. The first-order chi connectivity index (χ1) is 39.9. The molecule has 1 aliphatic heterocycles. The van der Waals surface area contributed by atoms with Gasteiger partial charge in [0.05, 0.1) is 5.56 Å². The van der Waals surface area contributed by atoms with Crippen LogP contribution in [0.25, 0.3) is 33.4 Å². The van der Waals surface area contributed by atoms with Gasteiger partial charge in [-0.1, -0.05) is 87.0 Å². The van der Waals surface area contributed by atoms with Crippen molar-refractivity contribution in [1.82, 2.24) is 26.6 Å². The molecule has 8 rings (SSSR count). The van der Waals surface area contributed by atoms with Gasteiger partial charge in [-0.2, -0.15) is 0 Å². The van der Waals surface area contributed by atoms with E-state index in [0.29, 0.717) is 55.2 Å². The highest BCUT2D eigenvalue weighted by Gasteiger charge is 2.54. The Morgan fingerprint density at radius 1 is 0.711 bits per heavy atom. The van der Waals surface area contributed by atoms with Gasteiger partial charge in [0.1, 0.15) is 46.2 Å². The number of carboxylic acid groups (broad SMARTS) is 1. The third kappa shape index (κ3) is 16.0. The summed E-state index contributed by atoms with van der Waals surface area (Å²) in [4.78, 5) is 95.1. The highest BCUT2D eigenvalue weighted by atomic mass is 31.2. The van der Waals surface area contributed by atoms with E-state index in [4.69, 9.17) is 19.2 Å². The number of phenolic OH excluding ortho intramolecular Hbond substituents is 1. The number of fused-ring (bicyclic) bond motifs is 2. The van der Waals surface area contributed by atoms with Crippen molar-refractivity contribution in [3.8, 4) is 39.7 Å². The fraction of sp³-hybridized carbons (Fsp3) is 0.317. The maximum atomic E-state index is 15.0. The first-order valence-corrected chi connectivity index (χ1v) is 29.5. The summed E-state index contributed by atoms with van der Waals surface area (Å²) in [6.45, 7) is 4.39. The number of nitrogens with one attached hydrogen (secondary N) is 5. The molecule has 9 N–H and O–H groups in total. The number of amides is 5. The lowest BCUT2D eigenvalue weighted by molar-refractivity contribution is -0.134. The Hall–Kier alpha value is -8.80. The van der Waals surface area contributed by atoms with E-state index in [0.717, 1.165) is 5.56 Å². The number of phenols is 1. The lowest BCUT2D eigenvalue weighted by atomic mass is 9.89. The molecule has 0 spiro atoms. The standard InChI is InChI=1S/C63H69N6O13P/c1-40(2)35-56(83(79,81-45-19-9-4-10-20-45)82-46-21-11-5-12-22-46)68-62(78)63(31-32-63)69-60(75)51(23-14-15-33-64)67-59(74)52(36-41-17-7-3-8-18-41)66-55(72)24-13-6-16-34-65-58(73)42-25-28-47(61(76)77)50(37-42)57-48-29-26-43(70)38-53(48)80-54-39-44(71)27-30-49(54)57/h3-5,7-12,17-22,25-30,37-40,51-52,56,70H,6,13-16,23-24,31-36,64H2,1-2H3,(H,65,73)(H,66,72)(H,67,74)(H,68,78)(H,69,75)(H,76,77)/t51-,52-,56+/m0/s1. The Kier molecular flexibility index (Phi) is 20.2. The predicted molar refractivity (Wildman–Crippen MR) is 314 cm³/mol. The van der Waals surface area contributed by atoms with Crippen LogP contribution in [0.1, 0.15) is 104 Å². The van der Waals surface area contributed by atoms with Gasteiger partial charge in [-0.25, -0.2) is 9.36 Å². The van der Waals surface area contributed by atoms with Gasteiger partial charge in [0.2, 0.25) is 23.6 Å². The number of aromatic hydroxyl groups is 1. The molecule has 1 heterocycles. The minimum Gasteiger partial charge on any atom is -0.508 e. The van der Waals surface area contributed by atoms with E-state index in [2.05, 4.69) is 26.6 Å². The number of carbonyl (C=O) groups is 6. The molecule has 5 aromatic rings. The highest BCUT2D eigenvalue weighted by molar-refractivity contribution is 7.55. The van der Waals surface area contributed by atoms with E-state index < -0.39 is 66.5 Å². The van der Waals surface area contributed by atoms with Gasteiger partial charge in [-0.05, 0) is 142 Å². The van der Waals surface area contributed by atoms with Crippen LogP contribution in [0, 0.1) is 5.92 Å². The Bertz CT molecular complexity index is 3460. The number of hydrogen-bond donors (Lipinski definition) is 8. The van der Waals surface area contributed by atoms with Crippen molar-refractivity contribution in [1.29, 1.82) is 0 Å². The second-order valence-corrected chi connectivity index (χ2v) is 23.2. The van der Waals surface area contributed by atoms with Crippen molar-refractivity contribution in [2.75, 3.05) is 13.1 Å². The van der Waals surface area contributed by atoms with Crippen molar-refractivity contribution >= 4 is 54.1 Å². The molecule has 0 unspecified atom stereocenters. The van der Waals surface area contributed by atoms with Crippen LogP contribution in [0.3, 0.4) is 0 Å². The van der Waals surface area contributed by atoms with Crippen molar-refractivity contribution in [3.63, 3.8) is 0 Å². The molecule has 0 bridgehead atoms. The summed E-state index contributed by atoms with van der Waals surface area (Å²) in [6.07, 6.45) is 3.49. The number of nitrogens with two attached hydrogens (primary N) is 1. The van der Waals surface area contributed by atoms with Crippen LogP contribution >= 0.6 is 7.60 Å². The molecule has 5 aromatic carbocycles. The summed E-state index contributed by atoms with van der Waals surface area (Å²) in [5, 5.41) is 35.3. The fourth-order valence-electron chi connectivity index (χ4n) is 9.74. The van der Waals surface area contributed by atoms with Crippen molar-refractivity contribution in [3.05, 3.63) is 173 Å². The molecule has 0 saturated heterocycles. The van der Waals surface area contributed by atoms with E-state index in [1.165, 1.54) is 48.5 Å². The van der Waals surface area contributed by atoms with E-state index in [1.807, 2.05) is 44.2 Å². The number of para-hydroxylation sites is 2. The Labute approximate surface area is 480 Å². The molecule has 3 aliphatic rings. The third-order valence-electron chi connectivity index (χ3n) is 14.2. The minimum absolute atomic E-state index is 0.0406. The smallest absolute Gasteiger partial charge is 0.452 e. The second kappa shape index (κ2) is 27.8. The van der Waals surface area contributed by atoms with Crippen LogP contribution < -0.4 is 46.8 Å². The monoisotopic (exact) mass is 1150 g/mol.